The summed E-state index contributed by atoms with van der Waals surface area (Å²) in [4.78, 5) is 17.0. The highest BCUT2D eigenvalue weighted by Gasteiger charge is 2.19. The van der Waals surface area contributed by atoms with E-state index in [1.54, 1.807) is 4.68 Å². The number of carbonyl (C=O) groups is 1. The quantitative estimate of drug-likeness (QED) is 0.706. The molecule has 0 aliphatic heterocycles. The molecule has 0 unspecified atom stereocenters. The van der Waals surface area contributed by atoms with Gasteiger partial charge in [-0.2, -0.15) is 9.78 Å². The molecule has 0 radical (unpaired) electrons. The van der Waals surface area contributed by atoms with E-state index in [0.717, 1.165) is 22.1 Å². The van der Waals surface area contributed by atoms with E-state index in [2.05, 4.69) is 41.6 Å². The second-order valence-electron chi connectivity index (χ2n) is 7.75. The Morgan fingerprint density at radius 3 is 2.54 bits per heavy atom. The van der Waals surface area contributed by atoms with Crippen LogP contribution >= 0.6 is 11.3 Å². The zero-order valence-corrected chi connectivity index (χ0v) is 16.6. The molecule has 1 aromatic carbocycles. The Morgan fingerprint density at radius 2 is 1.88 bits per heavy atom. The third-order valence-corrected chi connectivity index (χ3v) is 4.63. The molecule has 0 atom stereocenters. The second kappa shape index (κ2) is 7.03. The summed E-state index contributed by atoms with van der Waals surface area (Å²) in [7, 11) is 0. The van der Waals surface area contributed by atoms with E-state index in [9.17, 15) is 4.79 Å². The van der Waals surface area contributed by atoms with Crippen LogP contribution in [0, 0.1) is 19.3 Å². The first kappa shape index (κ1) is 18.3. The third kappa shape index (κ3) is 4.38. The van der Waals surface area contributed by atoms with Crippen molar-refractivity contribution in [3.8, 4) is 16.4 Å². The van der Waals surface area contributed by atoms with Crippen LogP contribution in [0.3, 0.4) is 0 Å². The van der Waals surface area contributed by atoms with Gasteiger partial charge in [0.2, 0.25) is 11.0 Å². The van der Waals surface area contributed by atoms with E-state index in [1.165, 1.54) is 16.9 Å². The van der Waals surface area contributed by atoms with Crippen molar-refractivity contribution in [3.63, 3.8) is 0 Å². The standard InChI is InChI=1S/C20H24N4OS/c1-13-6-8-15(9-7-13)16-12-26-19(21-16)24-17(10-14(2)23-24)22-18(25)11-20(3,4)5/h6-10,12H,11H2,1-5H3,(H,22,25). The number of aromatic nitrogens is 3. The van der Waals surface area contributed by atoms with E-state index in [-0.39, 0.29) is 11.3 Å². The number of benzene rings is 1. The average molecular weight is 369 g/mol. The van der Waals surface area contributed by atoms with Gasteiger partial charge in [-0.1, -0.05) is 50.6 Å². The van der Waals surface area contributed by atoms with Gasteiger partial charge in [-0.15, -0.1) is 11.3 Å². The number of thiazole rings is 1. The molecule has 0 spiro atoms. The van der Waals surface area contributed by atoms with Crippen LogP contribution < -0.4 is 5.32 Å². The summed E-state index contributed by atoms with van der Waals surface area (Å²) < 4.78 is 1.71. The molecular weight excluding hydrogens is 344 g/mol. The molecular formula is C20H24N4OS. The molecule has 0 fully saturated rings. The van der Waals surface area contributed by atoms with Gasteiger partial charge in [0.05, 0.1) is 11.4 Å². The van der Waals surface area contributed by atoms with Gasteiger partial charge in [0, 0.05) is 23.4 Å². The van der Waals surface area contributed by atoms with Gasteiger partial charge in [0.25, 0.3) is 0 Å². The van der Waals surface area contributed by atoms with Crippen molar-refractivity contribution < 1.29 is 4.79 Å². The first-order valence-corrected chi connectivity index (χ1v) is 9.49. The summed E-state index contributed by atoms with van der Waals surface area (Å²) in [5.41, 5.74) is 3.97. The number of hydrogen-bond acceptors (Lipinski definition) is 4. The number of hydrogen-bond donors (Lipinski definition) is 1. The van der Waals surface area contributed by atoms with Gasteiger partial charge in [-0.05, 0) is 19.3 Å². The molecule has 6 heteroatoms. The van der Waals surface area contributed by atoms with Crippen molar-refractivity contribution in [2.75, 3.05) is 5.32 Å². The summed E-state index contributed by atoms with van der Waals surface area (Å²) in [5, 5.41) is 10.2. The largest absolute Gasteiger partial charge is 0.310 e. The Labute approximate surface area is 158 Å². The maximum Gasteiger partial charge on any atom is 0.226 e. The Bertz CT molecular complexity index is 916. The minimum absolute atomic E-state index is 0.0195. The highest BCUT2D eigenvalue weighted by atomic mass is 32.1. The zero-order valence-electron chi connectivity index (χ0n) is 15.8. The first-order chi connectivity index (χ1) is 12.2. The van der Waals surface area contributed by atoms with Crippen LogP contribution in [0.1, 0.15) is 38.4 Å². The smallest absolute Gasteiger partial charge is 0.226 e. The van der Waals surface area contributed by atoms with Crippen LogP contribution in [-0.4, -0.2) is 20.7 Å². The van der Waals surface area contributed by atoms with Crippen LogP contribution in [0.15, 0.2) is 35.7 Å². The maximum absolute atomic E-state index is 12.3. The van der Waals surface area contributed by atoms with E-state index in [1.807, 2.05) is 39.1 Å². The molecule has 1 N–H and O–H groups in total. The lowest BCUT2D eigenvalue weighted by Crippen LogP contribution is -2.21. The molecule has 5 nitrogen and oxygen atoms in total. The number of amides is 1. The van der Waals surface area contributed by atoms with E-state index < -0.39 is 0 Å². The van der Waals surface area contributed by atoms with Crippen LogP contribution in [0.25, 0.3) is 16.4 Å². The van der Waals surface area contributed by atoms with E-state index in [4.69, 9.17) is 4.98 Å². The molecule has 1 amide bonds. The Morgan fingerprint density at radius 1 is 1.19 bits per heavy atom. The topological polar surface area (TPSA) is 59.8 Å². The lowest BCUT2D eigenvalue weighted by Gasteiger charge is -2.17. The monoisotopic (exact) mass is 368 g/mol. The summed E-state index contributed by atoms with van der Waals surface area (Å²) in [6.07, 6.45) is 0.448. The zero-order chi connectivity index (χ0) is 18.9. The molecule has 0 aliphatic carbocycles. The molecule has 0 bridgehead atoms. The number of anilines is 1. The molecule has 2 heterocycles. The number of aryl methyl sites for hydroxylation is 2. The predicted octanol–water partition coefficient (Wildman–Crippen LogP) is 4.99. The van der Waals surface area contributed by atoms with E-state index in [0.29, 0.717) is 12.2 Å². The minimum atomic E-state index is -0.0657. The normalized spacial score (nSPS) is 11.6. The van der Waals surface area contributed by atoms with Gasteiger partial charge < -0.3 is 5.32 Å². The highest BCUT2D eigenvalue weighted by Crippen LogP contribution is 2.27. The van der Waals surface area contributed by atoms with Crippen LogP contribution in [0.4, 0.5) is 5.82 Å². The van der Waals surface area contributed by atoms with Crippen molar-refractivity contribution in [2.45, 2.75) is 41.0 Å². The Kier molecular flexibility index (Phi) is 4.96. The fourth-order valence-electron chi connectivity index (χ4n) is 2.62. The van der Waals surface area contributed by atoms with Gasteiger partial charge >= 0.3 is 0 Å². The van der Waals surface area contributed by atoms with Crippen LogP contribution in [0.5, 0.6) is 0 Å². The molecule has 3 aromatic rings. The van der Waals surface area contributed by atoms with Gasteiger partial charge in [-0.25, -0.2) is 4.98 Å². The third-order valence-electron chi connectivity index (χ3n) is 3.81. The Hall–Kier alpha value is -2.47. The summed E-state index contributed by atoms with van der Waals surface area (Å²) in [6.45, 7) is 10.1. The number of nitrogens with one attached hydrogen (secondary N) is 1. The first-order valence-electron chi connectivity index (χ1n) is 8.61. The Balaban J connectivity index is 1.86. The molecule has 136 valence electrons. The molecule has 0 saturated carbocycles. The SMILES string of the molecule is Cc1ccc(-c2csc(-n3nc(C)cc3NC(=O)CC(C)(C)C)n2)cc1. The van der Waals surface area contributed by atoms with E-state index >= 15 is 0 Å². The van der Waals surface area contributed by atoms with Crippen molar-refractivity contribution in [3.05, 3.63) is 47.0 Å². The summed E-state index contributed by atoms with van der Waals surface area (Å²) >= 11 is 1.51. The number of nitrogens with zero attached hydrogens (tertiary/aromatic N) is 3. The van der Waals surface area contributed by atoms with Crippen molar-refractivity contribution in [1.82, 2.24) is 14.8 Å². The van der Waals surface area contributed by atoms with Gasteiger partial charge in [-0.3, -0.25) is 4.79 Å². The molecule has 3 rings (SSSR count). The molecule has 26 heavy (non-hydrogen) atoms. The second-order valence-corrected chi connectivity index (χ2v) is 8.59. The lowest BCUT2D eigenvalue weighted by molar-refractivity contribution is -0.117. The average Bonchev–Trinajstić information content (AvgIpc) is 3.13. The number of carbonyl (C=O) groups excluding carboxylic acids is 1. The summed E-state index contributed by atoms with van der Waals surface area (Å²) in [5.74, 6) is 0.635. The van der Waals surface area contributed by atoms with Crippen LogP contribution in [-0.2, 0) is 4.79 Å². The lowest BCUT2D eigenvalue weighted by atomic mass is 9.92. The molecule has 0 saturated heterocycles. The molecule has 0 aliphatic rings. The van der Waals surface area contributed by atoms with Crippen molar-refractivity contribution in [2.24, 2.45) is 5.41 Å². The van der Waals surface area contributed by atoms with Crippen LogP contribution in [0.2, 0.25) is 0 Å². The van der Waals surface area contributed by atoms with Gasteiger partial charge in [0.1, 0.15) is 5.82 Å². The molecule has 2 aromatic heterocycles. The minimum Gasteiger partial charge on any atom is -0.310 e. The van der Waals surface area contributed by atoms with Crippen molar-refractivity contribution >= 4 is 23.1 Å². The van der Waals surface area contributed by atoms with Gasteiger partial charge in [0.15, 0.2) is 0 Å². The summed E-state index contributed by atoms with van der Waals surface area (Å²) in [6, 6.07) is 10.1. The maximum atomic E-state index is 12.3. The fraction of sp³-hybridized carbons (Fsp3) is 0.350. The van der Waals surface area contributed by atoms with Crippen molar-refractivity contribution in [1.29, 1.82) is 0 Å². The predicted molar refractivity (Wildman–Crippen MR) is 107 cm³/mol. The fourth-order valence-corrected chi connectivity index (χ4v) is 3.42. The number of rotatable bonds is 4. The highest BCUT2D eigenvalue weighted by molar-refractivity contribution is 7.12.